The smallest absolute Gasteiger partial charge is 0.123 e. The molecular formula is C17H25FN2O. The fourth-order valence-corrected chi connectivity index (χ4v) is 3.47. The Morgan fingerprint density at radius 3 is 2.48 bits per heavy atom. The Morgan fingerprint density at radius 1 is 1.24 bits per heavy atom. The van der Waals surface area contributed by atoms with Gasteiger partial charge in [-0.1, -0.05) is 12.1 Å². The van der Waals surface area contributed by atoms with Crippen LogP contribution >= 0.6 is 0 Å². The molecule has 0 N–H and O–H groups in total. The van der Waals surface area contributed by atoms with Gasteiger partial charge in [0.05, 0.1) is 12.2 Å². The van der Waals surface area contributed by atoms with Crippen molar-refractivity contribution in [3.8, 4) is 0 Å². The standard InChI is InChI=1S/C17H25FN2O/c1-19(2)16-11-17(21-13-16)7-9-20(10-8-17)12-14-3-5-15(18)6-4-14/h3-6,16H,7-13H2,1-2H3/t16-/m0/s1. The first kappa shape index (κ1) is 14.9. The number of hydrogen-bond donors (Lipinski definition) is 0. The van der Waals surface area contributed by atoms with E-state index in [1.807, 2.05) is 12.1 Å². The summed E-state index contributed by atoms with van der Waals surface area (Å²) in [7, 11) is 4.27. The summed E-state index contributed by atoms with van der Waals surface area (Å²) in [6.07, 6.45) is 3.38. The first-order chi connectivity index (χ1) is 10.1. The van der Waals surface area contributed by atoms with Gasteiger partial charge in [-0.05, 0) is 51.1 Å². The monoisotopic (exact) mass is 292 g/mol. The fourth-order valence-electron chi connectivity index (χ4n) is 3.47. The molecule has 2 saturated heterocycles. The van der Waals surface area contributed by atoms with Gasteiger partial charge < -0.3 is 9.64 Å². The molecule has 2 heterocycles. The number of likely N-dealkylation sites (tertiary alicyclic amines) is 1. The minimum Gasteiger partial charge on any atom is -0.373 e. The van der Waals surface area contributed by atoms with Crippen LogP contribution in [0.5, 0.6) is 0 Å². The van der Waals surface area contributed by atoms with Crippen molar-refractivity contribution in [2.45, 2.75) is 37.5 Å². The molecule has 3 nitrogen and oxygen atoms in total. The molecule has 116 valence electrons. The zero-order chi connectivity index (χ0) is 14.9. The molecule has 3 rings (SSSR count). The van der Waals surface area contributed by atoms with E-state index in [1.54, 1.807) is 12.1 Å². The summed E-state index contributed by atoms with van der Waals surface area (Å²) in [5.74, 6) is -0.162. The third-order valence-corrected chi connectivity index (χ3v) is 5.01. The van der Waals surface area contributed by atoms with Gasteiger partial charge in [-0.25, -0.2) is 4.39 Å². The van der Waals surface area contributed by atoms with Crippen LogP contribution in [0.15, 0.2) is 24.3 Å². The number of halogens is 1. The van der Waals surface area contributed by atoms with Crippen molar-refractivity contribution in [3.63, 3.8) is 0 Å². The van der Waals surface area contributed by atoms with Gasteiger partial charge in [0.1, 0.15) is 5.82 Å². The first-order valence-electron chi connectivity index (χ1n) is 7.84. The van der Waals surface area contributed by atoms with E-state index >= 15 is 0 Å². The minimum absolute atomic E-state index is 0.105. The highest BCUT2D eigenvalue weighted by molar-refractivity contribution is 5.16. The molecule has 1 atom stereocenters. The molecule has 0 unspecified atom stereocenters. The van der Waals surface area contributed by atoms with Gasteiger partial charge in [0.15, 0.2) is 0 Å². The molecular weight excluding hydrogens is 267 g/mol. The van der Waals surface area contributed by atoms with Crippen LogP contribution in [0.2, 0.25) is 0 Å². The molecule has 4 heteroatoms. The topological polar surface area (TPSA) is 15.7 Å². The van der Waals surface area contributed by atoms with Crippen LogP contribution in [0.4, 0.5) is 4.39 Å². The van der Waals surface area contributed by atoms with E-state index in [0.717, 1.165) is 45.5 Å². The quantitative estimate of drug-likeness (QED) is 0.851. The number of benzene rings is 1. The molecule has 0 radical (unpaired) electrons. The lowest BCUT2D eigenvalue weighted by atomic mass is 9.87. The lowest BCUT2D eigenvalue weighted by Gasteiger charge is -2.39. The van der Waals surface area contributed by atoms with E-state index < -0.39 is 0 Å². The second kappa shape index (κ2) is 6.03. The van der Waals surface area contributed by atoms with Gasteiger partial charge in [0.25, 0.3) is 0 Å². The van der Waals surface area contributed by atoms with Crippen molar-refractivity contribution in [2.24, 2.45) is 0 Å². The maximum atomic E-state index is 12.9. The normalized spacial score (nSPS) is 25.8. The van der Waals surface area contributed by atoms with Gasteiger partial charge >= 0.3 is 0 Å². The summed E-state index contributed by atoms with van der Waals surface area (Å²) in [6.45, 7) is 3.91. The van der Waals surface area contributed by atoms with Gasteiger partial charge in [-0.15, -0.1) is 0 Å². The maximum Gasteiger partial charge on any atom is 0.123 e. The SMILES string of the molecule is CN(C)[C@@H]1COC2(CCN(Cc3ccc(F)cc3)CC2)C1. The van der Waals surface area contributed by atoms with Crippen molar-refractivity contribution >= 4 is 0 Å². The second-order valence-electron chi connectivity index (χ2n) is 6.72. The highest BCUT2D eigenvalue weighted by Gasteiger charge is 2.43. The minimum atomic E-state index is -0.162. The van der Waals surface area contributed by atoms with E-state index in [-0.39, 0.29) is 11.4 Å². The third kappa shape index (κ3) is 3.44. The van der Waals surface area contributed by atoms with Gasteiger partial charge in [-0.2, -0.15) is 0 Å². The van der Waals surface area contributed by atoms with Crippen LogP contribution in [-0.4, -0.2) is 55.2 Å². The lowest BCUT2D eigenvalue weighted by molar-refractivity contribution is -0.0451. The Labute approximate surface area is 126 Å². The molecule has 0 saturated carbocycles. The number of likely N-dealkylation sites (N-methyl/N-ethyl adjacent to an activating group) is 1. The molecule has 0 amide bonds. The first-order valence-corrected chi connectivity index (χ1v) is 7.84. The van der Waals surface area contributed by atoms with Crippen LogP contribution in [0.1, 0.15) is 24.8 Å². The van der Waals surface area contributed by atoms with Crippen LogP contribution < -0.4 is 0 Å². The van der Waals surface area contributed by atoms with Crippen LogP contribution in [-0.2, 0) is 11.3 Å². The Hall–Kier alpha value is -0.970. The fraction of sp³-hybridized carbons (Fsp3) is 0.647. The Kier molecular flexibility index (Phi) is 4.29. The zero-order valence-corrected chi connectivity index (χ0v) is 13.0. The summed E-state index contributed by atoms with van der Waals surface area (Å²) in [4.78, 5) is 4.73. The zero-order valence-electron chi connectivity index (χ0n) is 13.0. The van der Waals surface area contributed by atoms with Crippen molar-refractivity contribution in [1.29, 1.82) is 0 Å². The Morgan fingerprint density at radius 2 is 1.90 bits per heavy atom. The molecule has 1 aromatic carbocycles. The van der Waals surface area contributed by atoms with Crippen molar-refractivity contribution < 1.29 is 9.13 Å². The van der Waals surface area contributed by atoms with E-state index in [1.165, 1.54) is 5.56 Å². The molecule has 1 aromatic rings. The maximum absolute atomic E-state index is 12.9. The summed E-state index contributed by atoms with van der Waals surface area (Å²) in [5, 5.41) is 0. The summed E-state index contributed by atoms with van der Waals surface area (Å²) >= 11 is 0. The van der Waals surface area contributed by atoms with E-state index in [0.29, 0.717) is 6.04 Å². The van der Waals surface area contributed by atoms with Crippen LogP contribution in [0.25, 0.3) is 0 Å². The van der Waals surface area contributed by atoms with Crippen molar-refractivity contribution in [3.05, 3.63) is 35.6 Å². The molecule has 0 aromatic heterocycles. The number of piperidine rings is 1. The molecule has 1 spiro atoms. The molecule has 2 aliphatic rings. The summed E-state index contributed by atoms with van der Waals surface area (Å²) in [6, 6.07) is 7.42. The molecule has 0 aliphatic carbocycles. The van der Waals surface area contributed by atoms with E-state index in [9.17, 15) is 4.39 Å². The second-order valence-corrected chi connectivity index (χ2v) is 6.72. The van der Waals surface area contributed by atoms with Crippen LogP contribution in [0.3, 0.4) is 0 Å². The average molecular weight is 292 g/mol. The Balaban J connectivity index is 1.52. The summed E-state index contributed by atoms with van der Waals surface area (Å²) < 4.78 is 19.1. The number of ether oxygens (including phenoxy) is 1. The molecule has 0 bridgehead atoms. The highest BCUT2D eigenvalue weighted by Crippen LogP contribution is 2.37. The van der Waals surface area contributed by atoms with Gasteiger partial charge in [0, 0.05) is 25.7 Å². The lowest BCUT2D eigenvalue weighted by Crippen LogP contribution is -2.44. The van der Waals surface area contributed by atoms with Crippen molar-refractivity contribution in [1.82, 2.24) is 9.80 Å². The number of rotatable bonds is 3. The molecule has 21 heavy (non-hydrogen) atoms. The van der Waals surface area contributed by atoms with E-state index in [4.69, 9.17) is 4.74 Å². The van der Waals surface area contributed by atoms with Gasteiger partial charge in [-0.3, -0.25) is 4.90 Å². The third-order valence-electron chi connectivity index (χ3n) is 5.01. The predicted molar refractivity (Wildman–Crippen MR) is 81.7 cm³/mol. The number of hydrogen-bond acceptors (Lipinski definition) is 3. The average Bonchev–Trinajstić information content (AvgIpc) is 2.89. The molecule has 2 fully saturated rings. The van der Waals surface area contributed by atoms with Crippen molar-refractivity contribution in [2.75, 3.05) is 33.8 Å². The van der Waals surface area contributed by atoms with Gasteiger partial charge in [0.2, 0.25) is 0 Å². The van der Waals surface area contributed by atoms with E-state index in [2.05, 4.69) is 23.9 Å². The molecule has 2 aliphatic heterocycles. The highest BCUT2D eigenvalue weighted by atomic mass is 19.1. The Bertz CT molecular complexity index is 466. The predicted octanol–water partition coefficient (Wildman–Crippen LogP) is 2.51. The largest absolute Gasteiger partial charge is 0.373 e. The number of nitrogens with zero attached hydrogens (tertiary/aromatic N) is 2. The van der Waals surface area contributed by atoms with Crippen LogP contribution in [0, 0.1) is 5.82 Å². The summed E-state index contributed by atoms with van der Waals surface area (Å²) in [5.41, 5.74) is 1.29.